The third-order valence-corrected chi connectivity index (χ3v) is 5.70. The molecule has 0 radical (unpaired) electrons. The Bertz CT molecular complexity index is 1040. The highest BCUT2D eigenvalue weighted by atomic mass is 32.2. The van der Waals surface area contributed by atoms with Gasteiger partial charge in [0.15, 0.2) is 5.89 Å². The minimum Gasteiger partial charge on any atom is -0.436 e. The first kappa shape index (κ1) is 18.8. The highest BCUT2D eigenvalue weighted by Crippen LogP contribution is 2.20. The molecular formula is C17H19N5O4S. The highest BCUT2D eigenvalue weighted by molar-refractivity contribution is 7.89. The number of anilines is 1. The van der Waals surface area contributed by atoms with Crippen LogP contribution in [0.2, 0.25) is 0 Å². The highest BCUT2D eigenvalue weighted by Gasteiger charge is 2.22. The Morgan fingerprint density at radius 3 is 2.48 bits per heavy atom. The van der Waals surface area contributed by atoms with E-state index in [0.717, 1.165) is 0 Å². The Labute approximate surface area is 156 Å². The number of hydrogen-bond donors (Lipinski definition) is 2. The van der Waals surface area contributed by atoms with Crippen molar-refractivity contribution in [3.63, 3.8) is 0 Å². The molecule has 2 aromatic heterocycles. The third-order valence-electron chi connectivity index (χ3n) is 3.88. The molecule has 10 heteroatoms. The molecule has 0 saturated heterocycles. The summed E-state index contributed by atoms with van der Waals surface area (Å²) in [4.78, 5) is 16.4. The number of hydrogen-bond acceptors (Lipinski definition) is 6. The molecule has 1 aromatic carbocycles. The molecule has 3 rings (SSSR count). The van der Waals surface area contributed by atoms with Crippen LogP contribution in [0.15, 0.2) is 45.8 Å². The molecule has 27 heavy (non-hydrogen) atoms. The molecule has 0 unspecified atom stereocenters. The Morgan fingerprint density at radius 2 is 1.93 bits per heavy atom. The maximum atomic E-state index is 12.6. The fourth-order valence-electron chi connectivity index (χ4n) is 2.52. The first-order chi connectivity index (χ1) is 12.8. The van der Waals surface area contributed by atoms with Gasteiger partial charge in [-0.15, -0.1) is 0 Å². The summed E-state index contributed by atoms with van der Waals surface area (Å²) in [5, 5.41) is 9.19. The van der Waals surface area contributed by atoms with E-state index in [2.05, 4.69) is 20.5 Å². The zero-order valence-corrected chi connectivity index (χ0v) is 15.9. The van der Waals surface area contributed by atoms with Gasteiger partial charge in [-0.2, -0.15) is 9.40 Å². The normalized spacial score (nSPS) is 11.7. The molecular weight excluding hydrogens is 370 g/mol. The quantitative estimate of drug-likeness (QED) is 0.666. The molecule has 0 spiro atoms. The predicted octanol–water partition coefficient (Wildman–Crippen LogP) is 2.09. The third kappa shape index (κ3) is 4.07. The van der Waals surface area contributed by atoms with Crippen LogP contribution >= 0.6 is 0 Å². The lowest BCUT2D eigenvalue weighted by Gasteiger charge is -2.16. The van der Waals surface area contributed by atoms with Crippen LogP contribution in [0.5, 0.6) is 0 Å². The van der Waals surface area contributed by atoms with Gasteiger partial charge in [0.1, 0.15) is 0 Å². The molecule has 0 aliphatic heterocycles. The fourth-order valence-corrected chi connectivity index (χ4v) is 3.67. The van der Waals surface area contributed by atoms with Crippen molar-refractivity contribution in [2.24, 2.45) is 0 Å². The first-order valence-corrected chi connectivity index (χ1v) is 9.51. The summed E-state index contributed by atoms with van der Waals surface area (Å²) < 4.78 is 31.8. The molecule has 0 aliphatic carbocycles. The van der Waals surface area contributed by atoms with Crippen LogP contribution in [0.1, 0.15) is 27.8 Å². The summed E-state index contributed by atoms with van der Waals surface area (Å²) in [6, 6.07) is 7.62. The van der Waals surface area contributed by atoms with Crippen LogP contribution in [0, 0.1) is 13.8 Å². The van der Waals surface area contributed by atoms with Crippen LogP contribution < -0.4 is 5.32 Å². The number of aromatic amines is 1. The van der Waals surface area contributed by atoms with Gasteiger partial charge in [-0.1, -0.05) is 0 Å². The van der Waals surface area contributed by atoms with Crippen molar-refractivity contribution in [1.29, 1.82) is 0 Å². The van der Waals surface area contributed by atoms with Crippen molar-refractivity contribution in [3.8, 4) is 0 Å². The average molecular weight is 389 g/mol. The lowest BCUT2D eigenvalue weighted by molar-refractivity contribution is 0.0994. The predicted molar refractivity (Wildman–Crippen MR) is 97.6 cm³/mol. The van der Waals surface area contributed by atoms with Crippen LogP contribution in [0.25, 0.3) is 0 Å². The van der Waals surface area contributed by atoms with E-state index >= 15 is 0 Å². The molecule has 2 N–H and O–H groups in total. The number of benzene rings is 1. The fraction of sp³-hybridized carbons (Fsp3) is 0.235. The summed E-state index contributed by atoms with van der Waals surface area (Å²) in [5.41, 5.74) is 1.62. The molecule has 9 nitrogen and oxygen atoms in total. The number of aryl methyl sites for hydroxylation is 2. The molecule has 0 saturated carbocycles. The lowest BCUT2D eigenvalue weighted by atomic mass is 10.3. The van der Waals surface area contributed by atoms with Crippen molar-refractivity contribution in [2.75, 3.05) is 12.4 Å². The standard InChI is InChI=1S/C17H19N5O4S/c1-11-16(26-12(2)19-11)17(23)20-13-4-6-15(7-5-13)27(24,25)22(3)10-14-8-9-18-21-14/h4-9H,10H2,1-3H3,(H,18,21)(H,20,23). The number of oxazole rings is 1. The SMILES string of the molecule is Cc1nc(C)c(C(=O)Nc2ccc(S(=O)(=O)N(C)Cc3ccn[nH]3)cc2)o1. The zero-order valence-electron chi connectivity index (χ0n) is 15.1. The number of carbonyl (C=O) groups excluding carboxylic acids is 1. The molecule has 0 fully saturated rings. The van der Waals surface area contributed by atoms with E-state index in [1.807, 2.05) is 0 Å². The number of nitrogens with zero attached hydrogens (tertiary/aromatic N) is 3. The number of rotatable bonds is 6. The number of sulfonamides is 1. The van der Waals surface area contributed by atoms with Gasteiger partial charge in [0, 0.05) is 25.9 Å². The maximum Gasteiger partial charge on any atom is 0.293 e. The van der Waals surface area contributed by atoms with Crippen molar-refractivity contribution in [2.45, 2.75) is 25.3 Å². The van der Waals surface area contributed by atoms with Crippen molar-refractivity contribution in [3.05, 3.63) is 59.6 Å². The van der Waals surface area contributed by atoms with Gasteiger partial charge < -0.3 is 9.73 Å². The Hall–Kier alpha value is -2.98. The maximum absolute atomic E-state index is 12.6. The van der Waals surface area contributed by atoms with Gasteiger partial charge in [0.05, 0.1) is 22.8 Å². The number of carbonyl (C=O) groups is 1. The summed E-state index contributed by atoms with van der Waals surface area (Å²) in [6.45, 7) is 3.50. The number of aromatic nitrogens is 3. The zero-order chi connectivity index (χ0) is 19.6. The van der Waals surface area contributed by atoms with Crippen LogP contribution in [0.4, 0.5) is 5.69 Å². The lowest BCUT2D eigenvalue weighted by Crippen LogP contribution is -2.26. The topological polar surface area (TPSA) is 121 Å². The second-order valence-electron chi connectivity index (χ2n) is 5.97. The summed E-state index contributed by atoms with van der Waals surface area (Å²) in [6.07, 6.45) is 1.56. The van der Waals surface area contributed by atoms with E-state index in [0.29, 0.717) is 23.0 Å². The molecule has 142 valence electrons. The number of nitrogens with one attached hydrogen (secondary N) is 2. The molecule has 1 amide bonds. The second kappa shape index (κ2) is 7.33. The smallest absolute Gasteiger partial charge is 0.293 e. The Balaban J connectivity index is 1.72. The molecule has 2 heterocycles. The molecule has 3 aromatic rings. The van der Waals surface area contributed by atoms with Crippen LogP contribution in [0.3, 0.4) is 0 Å². The van der Waals surface area contributed by atoms with E-state index in [1.54, 1.807) is 26.1 Å². The van der Waals surface area contributed by atoms with Gasteiger partial charge in [-0.05, 0) is 37.3 Å². The summed E-state index contributed by atoms with van der Waals surface area (Å²) in [5.74, 6) is 0.0861. The largest absolute Gasteiger partial charge is 0.436 e. The molecule has 0 aliphatic rings. The van der Waals surface area contributed by atoms with E-state index in [1.165, 1.54) is 35.6 Å². The number of H-pyrrole nitrogens is 1. The van der Waals surface area contributed by atoms with Gasteiger partial charge >= 0.3 is 0 Å². The second-order valence-corrected chi connectivity index (χ2v) is 8.01. The Morgan fingerprint density at radius 1 is 1.22 bits per heavy atom. The Kier molecular flexibility index (Phi) is 5.10. The summed E-state index contributed by atoms with van der Waals surface area (Å²) in [7, 11) is -2.18. The van der Waals surface area contributed by atoms with Gasteiger partial charge in [0.25, 0.3) is 5.91 Å². The van der Waals surface area contributed by atoms with Gasteiger partial charge in [-0.3, -0.25) is 9.89 Å². The van der Waals surface area contributed by atoms with Crippen molar-refractivity contribution < 1.29 is 17.6 Å². The average Bonchev–Trinajstić information content (AvgIpc) is 3.24. The summed E-state index contributed by atoms with van der Waals surface area (Å²) >= 11 is 0. The van der Waals surface area contributed by atoms with E-state index < -0.39 is 15.9 Å². The van der Waals surface area contributed by atoms with Gasteiger partial charge in [-0.25, -0.2) is 13.4 Å². The van der Waals surface area contributed by atoms with Gasteiger partial charge in [0.2, 0.25) is 15.8 Å². The van der Waals surface area contributed by atoms with Crippen LogP contribution in [-0.4, -0.2) is 40.9 Å². The van der Waals surface area contributed by atoms with E-state index in [9.17, 15) is 13.2 Å². The molecule has 0 bridgehead atoms. The van der Waals surface area contributed by atoms with Crippen LogP contribution in [-0.2, 0) is 16.6 Å². The van der Waals surface area contributed by atoms with E-state index in [-0.39, 0.29) is 17.2 Å². The first-order valence-electron chi connectivity index (χ1n) is 8.07. The minimum absolute atomic E-state index is 0.120. The minimum atomic E-state index is -3.67. The van der Waals surface area contributed by atoms with Crippen molar-refractivity contribution in [1.82, 2.24) is 19.5 Å². The van der Waals surface area contributed by atoms with E-state index in [4.69, 9.17) is 4.42 Å². The monoisotopic (exact) mass is 389 g/mol. The van der Waals surface area contributed by atoms with Crippen molar-refractivity contribution >= 4 is 21.6 Å². The number of amides is 1. The molecule has 0 atom stereocenters.